The van der Waals surface area contributed by atoms with Crippen molar-refractivity contribution in [2.45, 2.75) is 13.3 Å². The fraction of sp³-hybridized carbons (Fsp3) is 0.450. The molecule has 1 saturated heterocycles. The van der Waals surface area contributed by atoms with Gasteiger partial charge < -0.3 is 19.9 Å². The van der Waals surface area contributed by atoms with E-state index in [9.17, 15) is 9.59 Å². The van der Waals surface area contributed by atoms with Gasteiger partial charge in [0.25, 0.3) is 11.5 Å². The minimum atomic E-state index is -0.424. The quantitative estimate of drug-likeness (QED) is 0.770. The fourth-order valence-electron chi connectivity index (χ4n) is 3.33. The van der Waals surface area contributed by atoms with Crippen LogP contribution in [0.15, 0.2) is 35.3 Å². The third kappa shape index (κ3) is 5.02. The maximum atomic E-state index is 12.4. The van der Waals surface area contributed by atoms with Crippen LogP contribution in [-0.2, 0) is 4.74 Å². The number of aromatic amines is 1. The number of rotatable bonds is 7. The lowest BCUT2D eigenvalue weighted by Crippen LogP contribution is -2.34. The summed E-state index contributed by atoms with van der Waals surface area (Å²) in [4.78, 5) is 34.0. The molecule has 144 valence electrons. The molecular formula is C20H26N4O3. The van der Waals surface area contributed by atoms with E-state index in [0.29, 0.717) is 24.9 Å². The number of amides is 1. The molecule has 0 bridgehead atoms. The number of carbonyl (C=O) groups is 1. The molecule has 1 atom stereocenters. The number of benzene rings is 1. The van der Waals surface area contributed by atoms with Gasteiger partial charge in [-0.3, -0.25) is 9.59 Å². The predicted molar refractivity (Wildman–Crippen MR) is 104 cm³/mol. The Bertz CT molecular complexity index is 849. The Morgan fingerprint density at radius 1 is 1.44 bits per heavy atom. The number of nitrogens with one attached hydrogen (secondary N) is 2. The topological polar surface area (TPSA) is 87.3 Å². The van der Waals surface area contributed by atoms with Gasteiger partial charge in [0.1, 0.15) is 11.4 Å². The molecule has 2 aromatic rings. The van der Waals surface area contributed by atoms with E-state index in [2.05, 4.69) is 20.2 Å². The summed E-state index contributed by atoms with van der Waals surface area (Å²) < 4.78 is 5.10. The van der Waals surface area contributed by atoms with Crippen LogP contribution < -0.4 is 10.9 Å². The first-order chi connectivity index (χ1) is 13.1. The van der Waals surface area contributed by atoms with E-state index >= 15 is 0 Å². The standard InChI is InChI=1S/C20H26N4O3/c1-14-4-3-5-16(10-14)18-21-12-17(20(26)23-18)19(25)22-11-15-6-7-24(13-15)8-9-27-2/h3-5,10,12,15H,6-9,11,13H2,1-2H3,(H,22,25)(H,21,23,26)/t15-/m1/s1. The number of aryl methyl sites for hydroxylation is 1. The number of carbonyl (C=O) groups excluding carboxylic acids is 1. The second-order valence-electron chi connectivity index (χ2n) is 7.00. The Morgan fingerprint density at radius 3 is 3.04 bits per heavy atom. The van der Waals surface area contributed by atoms with E-state index < -0.39 is 5.56 Å². The summed E-state index contributed by atoms with van der Waals surface area (Å²) in [5.74, 6) is 0.476. The van der Waals surface area contributed by atoms with E-state index in [4.69, 9.17) is 4.74 Å². The van der Waals surface area contributed by atoms with E-state index in [1.807, 2.05) is 31.2 Å². The Kier molecular flexibility index (Phi) is 6.36. The highest BCUT2D eigenvalue weighted by molar-refractivity contribution is 5.93. The molecule has 27 heavy (non-hydrogen) atoms. The van der Waals surface area contributed by atoms with Crippen molar-refractivity contribution in [1.29, 1.82) is 0 Å². The van der Waals surface area contributed by atoms with Crippen molar-refractivity contribution < 1.29 is 9.53 Å². The van der Waals surface area contributed by atoms with E-state index in [1.54, 1.807) is 7.11 Å². The summed E-state index contributed by atoms with van der Waals surface area (Å²) in [6.45, 7) is 6.10. The number of ether oxygens (including phenoxy) is 1. The third-order valence-electron chi connectivity index (χ3n) is 4.87. The lowest BCUT2D eigenvalue weighted by molar-refractivity contribution is 0.0945. The number of methoxy groups -OCH3 is 1. The van der Waals surface area contributed by atoms with Gasteiger partial charge in [-0.25, -0.2) is 4.98 Å². The molecule has 0 unspecified atom stereocenters. The molecule has 2 N–H and O–H groups in total. The number of hydrogen-bond acceptors (Lipinski definition) is 5. The van der Waals surface area contributed by atoms with Crippen LogP contribution in [0.3, 0.4) is 0 Å². The van der Waals surface area contributed by atoms with Crippen LogP contribution in [0.25, 0.3) is 11.4 Å². The highest BCUT2D eigenvalue weighted by atomic mass is 16.5. The van der Waals surface area contributed by atoms with Gasteiger partial charge in [-0.15, -0.1) is 0 Å². The van der Waals surface area contributed by atoms with Crippen molar-refractivity contribution in [1.82, 2.24) is 20.2 Å². The molecule has 1 aliphatic rings. The maximum Gasteiger partial charge on any atom is 0.264 e. The second kappa shape index (κ2) is 8.92. The van der Waals surface area contributed by atoms with Crippen molar-refractivity contribution in [2.24, 2.45) is 5.92 Å². The number of hydrogen-bond donors (Lipinski definition) is 2. The van der Waals surface area contributed by atoms with Crippen molar-refractivity contribution in [3.8, 4) is 11.4 Å². The zero-order valence-corrected chi connectivity index (χ0v) is 15.8. The molecule has 1 aromatic heterocycles. The smallest absolute Gasteiger partial charge is 0.264 e. The molecule has 0 saturated carbocycles. The third-order valence-corrected chi connectivity index (χ3v) is 4.87. The van der Waals surface area contributed by atoms with Crippen LogP contribution in [-0.4, -0.2) is 60.7 Å². The maximum absolute atomic E-state index is 12.4. The molecule has 3 rings (SSSR count). The summed E-state index contributed by atoms with van der Waals surface area (Å²) in [5.41, 5.74) is 1.52. The van der Waals surface area contributed by atoms with E-state index in [-0.39, 0.29) is 11.5 Å². The molecule has 1 aliphatic heterocycles. The summed E-state index contributed by atoms with van der Waals surface area (Å²) in [6, 6.07) is 7.69. The lowest BCUT2D eigenvalue weighted by atomic mass is 10.1. The summed E-state index contributed by atoms with van der Waals surface area (Å²) in [5, 5.41) is 2.87. The first-order valence-corrected chi connectivity index (χ1v) is 9.22. The van der Waals surface area contributed by atoms with Crippen LogP contribution in [0.4, 0.5) is 0 Å². The largest absolute Gasteiger partial charge is 0.383 e. The number of aromatic nitrogens is 2. The zero-order chi connectivity index (χ0) is 19.2. The zero-order valence-electron chi connectivity index (χ0n) is 15.8. The van der Waals surface area contributed by atoms with Gasteiger partial charge >= 0.3 is 0 Å². The van der Waals surface area contributed by atoms with Gasteiger partial charge in [-0.2, -0.15) is 0 Å². The average molecular weight is 370 g/mol. The van der Waals surface area contributed by atoms with Gasteiger partial charge in [0.2, 0.25) is 0 Å². The van der Waals surface area contributed by atoms with Crippen LogP contribution >= 0.6 is 0 Å². The fourth-order valence-corrected chi connectivity index (χ4v) is 3.33. The number of H-pyrrole nitrogens is 1. The Labute approximate surface area is 158 Å². The second-order valence-corrected chi connectivity index (χ2v) is 7.00. The molecule has 7 heteroatoms. The van der Waals surface area contributed by atoms with Crippen LogP contribution in [0.1, 0.15) is 22.3 Å². The SMILES string of the molecule is COCCN1CC[C@H](CNC(=O)c2cnc(-c3cccc(C)c3)[nH]c2=O)C1. The van der Waals surface area contributed by atoms with Crippen LogP contribution in [0.5, 0.6) is 0 Å². The lowest BCUT2D eigenvalue weighted by Gasteiger charge is -2.15. The highest BCUT2D eigenvalue weighted by Crippen LogP contribution is 2.16. The Balaban J connectivity index is 1.58. The van der Waals surface area contributed by atoms with Crippen LogP contribution in [0.2, 0.25) is 0 Å². The van der Waals surface area contributed by atoms with Crippen molar-refractivity contribution in [3.63, 3.8) is 0 Å². The first-order valence-electron chi connectivity index (χ1n) is 9.22. The van der Waals surface area contributed by atoms with Gasteiger partial charge in [-0.1, -0.05) is 23.8 Å². The monoisotopic (exact) mass is 370 g/mol. The summed E-state index contributed by atoms with van der Waals surface area (Å²) in [7, 11) is 1.70. The van der Waals surface area contributed by atoms with Crippen LogP contribution in [0, 0.1) is 12.8 Å². The first kappa shape index (κ1) is 19.3. The van der Waals surface area contributed by atoms with Crippen molar-refractivity contribution in [3.05, 3.63) is 51.9 Å². The van der Waals surface area contributed by atoms with Gasteiger partial charge in [0, 0.05) is 38.5 Å². The number of likely N-dealkylation sites (tertiary alicyclic amines) is 1. The molecule has 2 heterocycles. The van der Waals surface area contributed by atoms with E-state index in [1.165, 1.54) is 6.20 Å². The summed E-state index contributed by atoms with van der Waals surface area (Å²) >= 11 is 0. The predicted octanol–water partition coefficient (Wildman–Crippen LogP) is 1.44. The minimum Gasteiger partial charge on any atom is -0.383 e. The molecule has 1 fully saturated rings. The molecule has 0 radical (unpaired) electrons. The normalized spacial score (nSPS) is 17.2. The molecular weight excluding hydrogens is 344 g/mol. The molecule has 0 aliphatic carbocycles. The molecule has 7 nitrogen and oxygen atoms in total. The minimum absolute atomic E-state index is 0.0423. The van der Waals surface area contributed by atoms with Crippen molar-refractivity contribution in [2.75, 3.05) is 39.9 Å². The molecule has 0 spiro atoms. The molecule has 1 aromatic carbocycles. The van der Waals surface area contributed by atoms with Gasteiger partial charge in [-0.05, 0) is 31.9 Å². The van der Waals surface area contributed by atoms with Gasteiger partial charge in [0.15, 0.2) is 0 Å². The average Bonchev–Trinajstić information content (AvgIpc) is 3.12. The Morgan fingerprint density at radius 2 is 2.30 bits per heavy atom. The molecule has 1 amide bonds. The highest BCUT2D eigenvalue weighted by Gasteiger charge is 2.23. The Hall–Kier alpha value is -2.51. The van der Waals surface area contributed by atoms with Crippen molar-refractivity contribution >= 4 is 5.91 Å². The van der Waals surface area contributed by atoms with E-state index in [0.717, 1.165) is 37.2 Å². The summed E-state index contributed by atoms with van der Waals surface area (Å²) in [6.07, 6.45) is 2.39. The number of nitrogens with zero attached hydrogens (tertiary/aromatic N) is 2. The van der Waals surface area contributed by atoms with Gasteiger partial charge in [0.05, 0.1) is 6.61 Å².